The molecule has 0 aromatic heterocycles. The SMILES string of the molecule is CCOC(=O)COc1ccc2c(c1C)O/C(=C\c1ccc(Cl)c(Cl)c1)C2=O. The van der Waals surface area contributed by atoms with Crippen LogP contribution in [0.25, 0.3) is 6.08 Å². The smallest absolute Gasteiger partial charge is 0.344 e. The highest BCUT2D eigenvalue weighted by molar-refractivity contribution is 6.42. The Morgan fingerprint density at radius 1 is 1.19 bits per heavy atom. The number of hydrogen-bond acceptors (Lipinski definition) is 5. The van der Waals surface area contributed by atoms with Crippen molar-refractivity contribution < 1.29 is 23.8 Å². The number of carbonyl (C=O) groups excluding carboxylic acids is 2. The third-order valence-electron chi connectivity index (χ3n) is 3.93. The zero-order valence-electron chi connectivity index (χ0n) is 14.7. The van der Waals surface area contributed by atoms with E-state index in [1.807, 2.05) is 0 Å². The molecule has 2 aromatic rings. The van der Waals surface area contributed by atoms with E-state index in [1.165, 1.54) is 0 Å². The monoisotopic (exact) mass is 406 g/mol. The Balaban J connectivity index is 1.84. The van der Waals surface area contributed by atoms with E-state index in [0.717, 1.165) is 0 Å². The number of esters is 1. The lowest BCUT2D eigenvalue weighted by Gasteiger charge is -2.10. The molecule has 0 saturated heterocycles. The highest BCUT2D eigenvalue weighted by atomic mass is 35.5. The fourth-order valence-corrected chi connectivity index (χ4v) is 2.92. The molecule has 3 rings (SSSR count). The van der Waals surface area contributed by atoms with Crippen molar-refractivity contribution in [2.45, 2.75) is 13.8 Å². The van der Waals surface area contributed by atoms with E-state index in [2.05, 4.69) is 0 Å². The molecule has 0 aliphatic carbocycles. The quantitative estimate of drug-likeness (QED) is 0.523. The highest BCUT2D eigenvalue weighted by Crippen LogP contribution is 2.39. The third kappa shape index (κ3) is 4.10. The van der Waals surface area contributed by atoms with E-state index < -0.39 is 5.97 Å². The molecule has 0 amide bonds. The Bertz CT molecular complexity index is 950. The van der Waals surface area contributed by atoms with Gasteiger partial charge in [-0.25, -0.2) is 4.79 Å². The van der Waals surface area contributed by atoms with Crippen LogP contribution in [-0.4, -0.2) is 25.0 Å². The topological polar surface area (TPSA) is 61.8 Å². The van der Waals surface area contributed by atoms with Gasteiger partial charge in [-0.3, -0.25) is 4.79 Å². The van der Waals surface area contributed by atoms with Crippen LogP contribution in [0.5, 0.6) is 11.5 Å². The predicted octanol–water partition coefficient (Wildman–Crippen LogP) is 4.86. The molecule has 2 aromatic carbocycles. The van der Waals surface area contributed by atoms with Crippen molar-refractivity contribution >= 4 is 41.0 Å². The van der Waals surface area contributed by atoms with E-state index in [0.29, 0.717) is 38.2 Å². The van der Waals surface area contributed by atoms with E-state index in [4.69, 9.17) is 37.4 Å². The van der Waals surface area contributed by atoms with Crippen molar-refractivity contribution in [2.24, 2.45) is 0 Å². The van der Waals surface area contributed by atoms with Crippen molar-refractivity contribution in [1.82, 2.24) is 0 Å². The molecule has 1 aliphatic rings. The molecule has 1 aliphatic heterocycles. The number of ketones is 1. The summed E-state index contributed by atoms with van der Waals surface area (Å²) in [6.07, 6.45) is 1.60. The fraction of sp³-hybridized carbons (Fsp3) is 0.200. The number of Topliss-reactive ketones (excluding diaryl/α,β-unsaturated/α-hetero) is 1. The largest absolute Gasteiger partial charge is 0.481 e. The summed E-state index contributed by atoms with van der Waals surface area (Å²) >= 11 is 11.9. The lowest BCUT2D eigenvalue weighted by atomic mass is 10.1. The van der Waals surface area contributed by atoms with Crippen molar-refractivity contribution in [2.75, 3.05) is 13.2 Å². The van der Waals surface area contributed by atoms with E-state index in [-0.39, 0.29) is 24.8 Å². The number of fused-ring (bicyclic) bond motifs is 1. The normalized spacial score (nSPS) is 14.1. The number of allylic oxidation sites excluding steroid dienone is 1. The standard InChI is InChI=1S/C20H16Cl2O5/c1-3-25-18(23)10-26-16-7-5-13-19(24)17(27-20(13)11(16)2)9-12-4-6-14(21)15(22)8-12/h4-9H,3,10H2,1-2H3/b17-9-. The molecular formula is C20H16Cl2O5. The van der Waals surface area contributed by atoms with Crippen molar-refractivity contribution in [1.29, 1.82) is 0 Å². The molecule has 0 fully saturated rings. The number of rotatable bonds is 5. The molecular weight excluding hydrogens is 391 g/mol. The number of benzene rings is 2. The van der Waals surface area contributed by atoms with Gasteiger partial charge in [-0.15, -0.1) is 0 Å². The van der Waals surface area contributed by atoms with Gasteiger partial charge in [0.2, 0.25) is 5.78 Å². The van der Waals surface area contributed by atoms with Gasteiger partial charge in [0.1, 0.15) is 11.5 Å². The van der Waals surface area contributed by atoms with Gasteiger partial charge >= 0.3 is 5.97 Å². The Labute approximate surface area is 166 Å². The minimum absolute atomic E-state index is 0.175. The molecule has 7 heteroatoms. The molecule has 0 spiro atoms. The maximum atomic E-state index is 12.6. The average Bonchev–Trinajstić information content (AvgIpc) is 2.95. The van der Waals surface area contributed by atoms with E-state index in [1.54, 1.807) is 50.3 Å². The van der Waals surface area contributed by atoms with Crippen LogP contribution >= 0.6 is 23.2 Å². The molecule has 1 heterocycles. The molecule has 0 bridgehead atoms. The van der Waals surface area contributed by atoms with Gasteiger partial charge in [0.25, 0.3) is 0 Å². The van der Waals surface area contributed by atoms with E-state index >= 15 is 0 Å². The second-order valence-corrected chi connectivity index (χ2v) is 6.59. The van der Waals surface area contributed by atoms with Crippen LogP contribution in [0.15, 0.2) is 36.1 Å². The zero-order chi connectivity index (χ0) is 19.6. The first-order chi connectivity index (χ1) is 12.9. The summed E-state index contributed by atoms with van der Waals surface area (Å²) in [5.41, 5.74) is 1.75. The lowest BCUT2D eigenvalue weighted by Crippen LogP contribution is -2.15. The number of ether oxygens (including phenoxy) is 3. The van der Waals surface area contributed by atoms with Crippen LogP contribution in [-0.2, 0) is 9.53 Å². The molecule has 5 nitrogen and oxygen atoms in total. The van der Waals surface area contributed by atoms with Gasteiger partial charge in [-0.1, -0.05) is 29.3 Å². The summed E-state index contributed by atoms with van der Waals surface area (Å²) in [4.78, 5) is 24.1. The van der Waals surface area contributed by atoms with Crippen LogP contribution in [0.3, 0.4) is 0 Å². The summed E-state index contributed by atoms with van der Waals surface area (Å²) in [5, 5.41) is 0.819. The summed E-state index contributed by atoms with van der Waals surface area (Å²) in [6.45, 7) is 3.55. The minimum Gasteiger partial charge on any atom is -0.481 e. The highest BCUT2D eigenvalue weighted by Gasteiger charge is 2.30. The van der Waals surface area contributed by atoms with Gasteiger partial charge in [-0.05, 0) is 49.8 Å². The Kier molecular flexibility index (Phi) is 5.73. The van der Waals surface area contributed by atoms with Crippen LogP contribution < -0.4 is 9.47 Å². The first-order valence-corrected chi connectivity index (χ1v) is 8.97. The maximum Gasteiger partial charge on any atom is 0.344 e. The van der Waals surface area contributed by atoms with Crippen LogP contribution in [0, 0.1) is 6.92 Å². The summed E-state index contributed by atoms with van der Waals surface area (Å²) < 4.78 is 16.1. The third-order valence-corrected chi connectivity index (χ3v) is 4.67. The summed E-state index contributed by atoms with van der Waals surface area (Å²) in [5.74, 6) is 0.331. The number of carbonyl (C=O) groups is 2. The molecule has 0 N–H and O–H groups in total. The van der Waals surface area contributed by atoms with Crippen molar-refractivity contribution in [3.63, 3.8) is 0 Å². The Hall–Kier alpha value is -2.50. The molecule has 0 radical (unpaired) electrons. The molecule has 0 saturated carbocycles. The number of hydrogen-bond donors (Lipinski definition) is 0. The van der Waals surface area contributed by atoms with Gasteiger partial charge in [0.15, 0.2) is 12.4 Å². The van der Waals surface area contributed by atoms with Crippen LogP contribution in [0.2, 0.25) is 10.0 Å². The van der Waals surface area contributed by atoms with Gasteiger partial charge in [-0.2, -0.15) is 0 Å². The first-order valence-electron chi connectivity index (χ1n) is 8.22. The Morgan fingerprint density at radius 3 is 2.67 bits per heavy atom. The van der Waals surface area contributed by atoms with Crippen molar-refractivity contribution in [3.8, 4) is 11.5 Å². The zero-order valence-corrected chi connectivity index (χ0v) is 16.2. The second kappa shape index (κ2) is 8.03. The summed E-state index contributed by atoms with van der Waals surface area (Å²) in [6, 6.07) is 8.28. The van der Waals surface area contributed by atoms with E-state index in [9.17, 15) is 9.59 Å². The van der Waals surface area contributed by atoms with Gasteiger partial charge in [0.05, 0.1) is 22.2 Å². The maximum absolute atomic E-state index is 12.6. The Morgan fingerprint density at radius 2 is 1.96 bits per heavy atom. The molecule has 0 atom stereocenters. The molecule has 27 heavy (non-hydrogen) atoms. The average molecular weight is 407 g/mol. The molecule has 0 unspecified atom stereocenters. The summed E-state index contributed by atoms with van der Waals surface area (Å²) in [7, 11) is 0. The van der Waals surface area contributed by atoms with Gasteiger partial charge < -0.3 is 14.2 Å². The molecule has 140 valence electrons. The second-order valence-electron chi connectivity index (χ2n) is 5.77. The van der Waals surface area contributed by atoms with Crippen LogP contribution in [0.4, 0.5) is 0 Å². The van der Waals surface area contributed by atoms with Crippen LogP contribution in [0.1, 0.15) is 28.4 Å². The minimum atomic E-state index is -0.463. The lowest BCUT2D eigenvalue weighted by molar-refractivity contribution is -0.145. The fourth-order valence-electron chi connectivity index (χ4n) is 2.62. The van der Waals surface area contributed by atoms with Crippen molar-refractivity contribution in [3.05, 3.63) is 62.8 Å². The van der Waals surface area contributed by atoms with Gasteiger partial charge in [0, 0.05) is 5.56 Å². The predicted molar refractivity (Wildman–Crippen MR) is 103 cm³/mol. The number of halogens is 2. The first kappa shape index (κ1) is 19.3.